The molecule has 0 spiro atoms. The summed E-state index contributed by atoms with van der Waals surface area (Å²) < 4.78 is 13.2. The van der Waals surface area contributed by atoms with E-state index in [1.807, 2.05) is 0 Å². The topological polar surface area (TPSA) is 95.1 Å². The van der Waals surface area contributed by atoms with E-state index in [0.29, 0.717) is 17.9 Å². The van der Waals surface area contributed by atoms with E-state index in [1.54, 1.807) is 0 Å². The molecule has 0 saturated carbocycles. The Morgan fingerprint density at radius 1 is 1.61 bits per heavy atom. The summed E-state index contributed by atoms with van der Waals surface area (Å²) in [5.41, 5.74) is 14.7. The van der Waals surface area contributed by atoms with E-state index >= 15 is 0 Å². The Kier molecular flexibility index (Phi) is 3.34. The highest BCUT2D eigenvalue weighted by atomic mass is 19.1. The average Bonchev–Trinajstić information content (AvgIpc) is 2.71. The Labute approximate surface area is 103 Å². The summed E-state index contributed by atoms with van der Waals surface area (Å²) in [6.45, 7) is 0.652. The lowest BCUT2D eigenvalue weighted by Gasteiger charge is -2.18. The van der Waals surface area contributed by atoms with Crippen LogP contribution in [0.4, 0.5) is 15.8 Å². The van der Waals surface area contributed by atoms with Crippen molar-refractivity contribution in [2.24, 2.45) is 11.0 Å². The predicted octanol–water partition coefficient (Wildman–Crippen LogP) is 2.07. The number of azide groups is 1. The first-order chi connectivity index (χ1) is 8.61. The number of anilines is 2. The van der Waals surface area contributed by atoms with Gasteiger partial charge in [0.15, 0.2) is 0 Å². The first-order valence-electron chi connectivity index (χ1n) is 5.48. The van der Waals surface area contributed by atoms with Gasteiger partial charge in [0.1, 0.15) is 5.82 Å². The molecule has 94 valence electrons. The van der Waals surface area contributed by atoms with Crippen LogP contribution in [0.1, 0.15) is 6.42 Å². The lowest BCUT2D eigenvalue weighted by atomic mass is 10.1. The van der Waals surface area contributed by atoms with E-state index in [9.17, 15) is 9.18 Å². The third-order valence-corrected chi connectivity index (χ3v) is 2.89. The highest BCUT2D eigenvalue weighted by Crippen LogP contribution is 2.30. The Hall–Kier alpha value is -2.27. The zero-order valence-electron chi connectivity index (χ0n) is 9.58. The van der Waals surface area contributed by atoms with Gasteiger partial charge in [0, 0.05) is 24.4 Å². The number of carbonyl (C=O) groups excluding carboxylic acids is 1. The van der Waals surface area contributed by atoms with Gasteiger partial charge in [-0.15, -0.1) is 0 Å². The van der Waals surface area contributed by atoms with Gasteiger partial charge in [0.25, 0.3) is 0 Å². The van der Waals surface area contributed by atoms with E-state index in [1.165, 1.54) is 23.1 Å². The molecule has 7 heteroatoms. The van der Waals surface area contributed by atoms with E-state index in [-0.39, 0.29) is 24.8 Å². The summed E-state index contributed by atoms with van der Waals surface area (Å²) in [4.78, 5) is 15.9. The lowest BCUT2D eigenvalue weighted by Crippen LogP contribution is -2.25. The fraction of sp³-hybridized carbons (Fsp3) is 0.364. The number of halogens is 1. The summed E-state index contributed by atoms with van der Waals surface area (Å²) in [7, 11) is 0. The fourth-order valence-corrected chi connectivity index (χ4v) is 2.04. The predicted molar refractivity (Wildman–Crippen MR) is 65.3 cm³/mol. The van der Waals surface area contributed by atoms with Crippen molar-refractivity contribution in [3.8, 4) is 0 Å². The van der Waals surface area contributed by atoms with Crippen LogP contribution in [-0.4, -0.2) is 19.0 Å². The maximum atomic E-state index is 13.2. The molecule has 1 heterocycles. The van der Waals surface area contributed by atoms with Gasteiger partial charge in [-0.3, -0.25) is 4.79 Å². The second kappa shape index (κ2) is 4.93. The maximum absolute atomic E-state index is 13.2. The number of hydrogen-bond donors (Lipinski definition) is 1. The van der Waals surface area contributed by atoms with Gasteiger partial charge in [-0.25, -0.2) is 4.39 Å². The molecule has 1 amide bonds. The molecule has 2 rings (SSSR count). The first kappa shape index (κ1) is 12.2. The monoisotopic (exact) mass is 249 g/mol. The summed E-state index contributed by atoms with van der Waals surface area (Å²) >= 11 is 0. The van der Waals surface area contributed by atoms with Gasteiger partial charge < -0.3 is 10.6 Å². The minimum absolute atomic E-state index is 0.0453. The molecular weight excluding hydrogens is 237 g/mol. The number of amides is 1. The maximum Gasteiger partial charge on any atom is 0.227 e. The van der Waals surface area contributed by atoms with E-state index < -0.39 is 5.82 Å². The van der Waals surface area contributed by atoms with Crippen LogP contribution in [0.3, 0.4) is 0 Å². The number of rotatable bonds is 3. The van der Waals surface area contributed by atoms with Crippen molar-refractivity contribution >= 4 is 17.3 Å². The summed E-state index contributed by atoms with van der Waals surface area (Å²) in [5, 5.41) is 3.45. The Balaban J connectivity index is 2.21. The number of hydrogen-bond acceptors (Lipinski definition) is 3. The Morgan fingerprint density at radius 3 is 3.11 bits per heavy atom. The number of nitrogen functional groups attached to an aromatic ring is 1. The van der Waals surface area contributed by atoms with Gasteiger partial charge in [0.2, 0.25) is 5.91 Å². The van der Waals surface area contributed by atoms with Crippen LogP contribution in [0.5, 0.6) is 0 Å². The van der Waals surface area contributed by atoms with Crippen molar-refractivity contribution in [2.75, 3.05) is 23.7 Å². The van der Waals surface area contributed by atoms with Crippen LogP contribution in [0.2, 0.25) is 0 Å². The summed E-state index contributed by atoms with van der Waals surface area (Å²) in [5.74, 6) is -0.619. The lowest BCUT2D eigenvalue weighted by molar-refractivity contribution is -0.117. The van der Waals surface area contributed by atoms with E-state index in [0.717, 1.165) is 0 Å². The molecule has 0 radical (unpaired) electrons. The van der Waals surface area contributed by atoms with Gasteiger partial charge in [0.05, 0.1) is 11.4 Å². The molecule has 1 aliphatic rings. The number of nitrogens with zero attached hydrogens (tertiary/aromatic N) is 4. The number of benzene rings is 1. The number of carbonyl (C=O) groups is 1. The molecule has 1 aromatic rings. The van der Waals surface area contributed by atoms with Crippen molar-refractivity contribution in [1.29, 1.82) is 0 Å². The molecule has 2 N–H and O–H groups in total. The van der Waals surface area contributed by atoms with Crippen LogP contribution in [0, 0.1) is 11.7 Å². The van der Waals surface area contributed by atoms with Gasteiger partial charge >= 0.3 is 0 Å². The molecule has 18 heavy (non-hydrogen) atoms. The minimum Gasteiger partial charge on any atom is -0.397 e. The molecule has 0 bridgehead atoms. The van der Waals surface area contributed by atoms with Crippen molar-refractivity contribution in [3.05, 3.63) is 34.5 Å². The van der Waals surface area contributed by atoms with Crippen LogP contribution in [0.25, 0.3) is 10.4 Å². The van der Waals surface area contributed by atoms with Gasteiger partial charge in [-0.2, -0.15) is 0 Å². The van der Waals surface area contributed by atoms with Crippen LogP contribution in [-0.2, 0) is 4.79 Å². The summed E-state index contributed by atoms with van der Waals surface area (Å²) in [6, 6.07) is 3.92. The molecule has 0 aliphatic carbocycles. The SMILES string of the molecule is [N-]=[N+]=NCC1CC(=O)N(c2cc(F)ccc2N)C1. The van der Waals surface area contributed by atoms with Gasteiger partial charge in [-0.1, -0.05) is 5.11 Å². The zero-order chi connectivity index (χ0) is 13.1. The minimum atomic E-state index is -0.439. The van der Waals surface area contributed by atoms with Crippen LogP contribution in [0.15, 0.2) is 23.3 Å². The highest BCUT2D eigenvalue weighted by Gasteiger charge is 2.31. The number of nitrogens with two attached hydrogens (primary N) is 1. The molecule has 1 unspecified atom stereocenters. The molecule has 6 nitrogen and oxygen atoms in total. The second-order valence-electron chi connectivity index (χ2n) is 4.19. The quantitative estimate of drug-likeness (QED) is 0.384. The van der Waals surface area contributed by atoms with Crippen molar-refractivity contribution < 1.29 is 9.18 Å². The molecule has 0 aromatic heterocycles. The fourth-order valence-electron chi connectivity index (χ4n) is 2.04. The third kappa shape index (κ3) is 2.36. The van der Waals surface area contributed by atoms with Crippen molar-refractivity contribution in [2.45, 2.75) is 6.42 Å². The standard InChI is InChI=1S/C11H12FN5O/c12-8-1-2-9(13)10(4-8)17-6-7(3-11(17)18)5-15-16-14/h1-2,4,7H,3,5-6,13H2. The summed E-state index contributed by atoms with van der Waals surface area (Å²) in [6.07, 6.45) is 0.287. The smallest absolute Gasteiger partial charge is 0.227 e. The Morgan fingerprint density at radius 2 is 2.39 bits per heavy atom. The molecule has 1 saturated heterocycles. The van der Waals surface area contributed by atoms with E-state index in [2.05, 4.69) is 10.0 Å². The van der Waals surface area contributed by atoms with E-state index in [4.69, 9.17) is 11.3 Å². The van der Waals surface area contributed by atoms with Crippen LogP contribution < -0.4 is 10.6 Å². The van der Waals surface area contributed by atoms with Crippen molar-refractivity contribution in [3.63, 3.8) is 0 Å². The highest BCUT2D eigenvalue weighted by molar-refractivity contribution is 5.98. The third-order valence-electron chi connectivity index (χ3n) is 2.89. The largest absolute Gasteiger partial charge is 0.397 e. The molecule has 1 atom stereocenters. The first-order valence-corrected chi connectivity index (χ1v) is 5.48. The van der Waals surface area contributed by atoms with Crippen molar-refractivity contribution in [1.82, 2.24) is 0 Å². The second-order valence-corrected chi connectivity index (χ2v) is 4.19. The Bertz CT molecular complexity index is 526. The molecular formula is C11H12FN5O. The molecule has 1 aromatic carbocycles. The molecule has 1 aliphatic heterocycles. The average molecular weight is 249 g/mol. The molecule has 1 fully saturated rings. The zero-order valence-corrected chi connectivity index (χ0v) is 9.58. The van der Waals surface area contributed by atoms with Crippen LogP contribution >= 0.6 is 0 Å². The normalized spacial score (nSPS) is 18.8. The van der Waals surface area contributed by atoms with Gasteiger partial charge in [-0.05, 0) is 29.6 Å².